The maximum atomic E-state index is 10.9. The molecule has 0 unspecified atom stereocenters. The smallest absolute Gasteiger partial charge is 0.290 e. The molecule has 2 aromatic carbocycles. The number of hydrogen-bond acceptors (Lipinski definition) is 3. The van der Waals surface area contributed by atoms with E-state index in [2.05, 4.69) is 4.99 Å². The minimum atomic E-state index is -0.521. The Hall–Kier alpha value is -2.92. The van der Waals surface area contributed by atoms with E-state index in [1.54, 1.807) is 12.3 Å². The van der Waals surface area contributed by atoms with Crippen LogP contribution in [-0.2, 0) is 0 Å². The first-order valence-electron chi connectivity index (χ1n) is 6.85. The van der Waals surface area contributed by atoms with Gasteiger partial charge in [-0.15, -0.1) is 0 Å². The van der Waals surface area contributed by atoms with Gasteiger partial charge in [-0.2, -0.15) is 0 Å². The van der Waals surface area contributed by atoms with Gasteiger partial charge in [0.2, 0.25) is 0 Å². The summed E-state index contributed by atoms with van der Waals surface area (Å²) >= 11 is 5.78. The lowest BCUT2D eigenvalue weighted by atomic mass is 10.3. The summed E-state index contributed by atoms with van der Waals surface area (Å²) in [5, 5.41) is 11.0. The summed E-state index contributed by atoms with van der Waals surface area (Å²) in [5.41, 5.74) is 2.28. The monoisotopic (exact) mass is 325 g/mol. The minimum Gasteiger partial charge on any atom is -0.323 e. The van der Waals surface area contributed by atoms with Crippen molar-refractivity contribution in [1.29, 1.82) is 0 Å². The van der Waals surface area contributed by atoms with E-state index in [4.69, 9.17) is 11.6 Å². The van der Waals surface area contributed by atoms with Gasteiger partial charge in [0.1, 0.15) is 5.02 Å². The molecule has 3 rings (SSSR count). The molecule has 0 radical (unpaired) electrons. The van der Waals surface area contributed by atoms with Gasteiger partial charge < -0.3 is 4.57 Å². The quantitative estimate of drug-likeness (QED) is 0.393. The fourth-order valence-electron chi connectivity index (χ4n) is 2.12. The Morgan fingerprint density at radius 2 is 1.91 bits per heavy atom. The average molecular weight is 326 g/mol. The van der Waals surface area contributed by atoms with Crippen LogP contribution in [0.1, 0.15) is 5.56 Å². The van der Waals surface area contributed by atoms with Crippen LogP contribution in [0.3, 0.4) is 0 Å². The van der Waals surface area contributed by atoms with Crippen LogP contribution in [0.2, 0.25) is 5.02 Å². The fourth-order valence-corrected chi connectivity index (χ4v) is 2.31. The zero-order chi connectivity index (χ0) is 16.2. The number of aliphatic imine (C=N–C) groups is 1. The molecule has 114 valence electrons. The lowest BCUT2D eigenvalue weighted by molar-refractivity contribution is -0.384. The number of halogens is 1. The van der Waals surface area contributed by atoms with Gasteiger partial charge in [0.15, 0.2) is 0 Å². The maximum Gasteiger partial charge on any atom is 0.290 e. The summed E-state index contributed by atoms with van der Waals surface area (Å²) in [7, 11) is 0. The normalized spacial score (nSPS) is 11.0. The van der Waals surface area contributed by atoms with Crippen molar-refractivity contribution in [1.82, 2.24) is 4.57 Å². The molecule has 0 aliphatic heterocycles. The Labute approximate surface area is 137 Å². The molecule has 1 aromatic heterocycles. The van der Waals surface area contributed by atoms with E-state index >= 15 is 0 Å². The molecule has 0 spiro atoms. The molecule has 23 heavy (non-hydrogen) atoms. The molecule has 0 N–H and O–H groups in total. The molecule has 3 aromatic rings. The van der Waals surface area contributed by atoms with Crippen LogP contribution in [0.5, 0.6) is 0 Å². The van der Waals surface area contributed by atoms with Crippen molar-refractivity contribution in [2.24, 2.45) is 4.99 Å². The molecule has 0 amide bonds. The first-order valence-corrected chi connectivity index (χ1v) is 7.23. The van der Waals surface area contributed by atoms with Crippen molar-refractivity contribution < 1.29 is 4.92 Å². The summed E-state index contributed by atoms with van der Waals surface area (Å²) in [6, 6.07) is 16.3. The highest BCUT2D eigenvalue weighted by Gasteiger charge is 2.12. The van der Waals surface area contributed by atoms with Crippen LogP contribution in [0.25, 0.3) is 5.69 Å². The van der Waals surface area contributed by atoms with Gasteiger partial charge in [-0.05, 0) is 30.3 Å². The second-order valence-electron chi connectivity index (χ2n) is 4.84. The molecular weight excluding hydrogens is 314 g/mol. The number of nitrogens with zero attached hydrogens (tertiary/aromatic N) is 3. The molecule has 6 heteroatoms. The number of nitro benzene ring substituents is 1. The Kier molecular flexibility index (Phi) is 4.21. The van der Waals surface area contributed by atoms with Gasteiger partial charge >= 0.3 is 0 Å². The number of rotatable bonds is 4. The Bertz CT molecular complexity index is 873. The molecule has 0 saturated heterocycles. The van der Waals surface area contributed by atoms with Crippen molar-refractivity contribution in [2.75, 3.05) is 0 Å². The minimum absolute atomic E-state index is 0.101. The summed E-state index contributed by atoms with van der Waals surface area (Å²) in [6.07, 6.45) is 5.52. The second-order valence-corrected chi connectivity index (χ2v) is 5.25. The van der Waals surface area contributed by atoms with Crippen molar-refractivity contribution in [3.63, 3.8) is 0 Å². The zero-order valence-corrected chi connectivity index (χ0v) is 12.7. The van der Waals surface area contributed by atoms with Crippen LogP contribution in [0.15, 0.2) is 72.0 Å². The molecule has 0 fully saturated rings. The topological polar surface area (TPSA) is 60.4 Å². The highest BCUT2D eigenvalue weighted by molar-refractivity contribution is 6.32. The zero-order valence-electron chi connectivity index (χ0n) is 12.0. The molecule has 5 nitrogen and oxygen atoms in total. The number of nitro groups is 1. The predicted molar refractivity (Wildman–Crippen MR) is 91.1 cm³/mol. The van der Waals surface area contributed by atoms with Crippen LogP contribution in [0, 0.1) is 10.1 Å². The molecule has 1 heterocycles. The molecule has 0 atom stereocenters. The average Bonchev–Trinajstić information content (AvgIpc) is 3.03. The third-order valence-corrected chi connectivity index (χ3v) is 3.58. The van der Waals surface area contributed by atoms with Crippen molar-refractivity contribution in [3.8, 4) is 5.69 Å². The van der Waals surface area contributed by atoms with E-state index < -0.39 is 4.92 Å². The summed E-state index contributed by atoms with van der Waals surface area (Å²) in [5.74, 6) is 0. The standard InChI is InChI=1S/C17H12ClN3O2/c18-16-7-6-14(10-17(16)21(22)23)19-11-13-8-9-20(12-13)15-4-2-1-3-5-15/h1-12H. The molecular formula is C17H12ClN3O2. The largest absolute Gasteiger partial charge is 0.323 e. The van der Waals surface area contributed by atoms with Gasteiger partial charge in [-0.25, -0.2) is 0 Å². The van der Waals surface area contributed by atoms with Crippen molar-refractivity contribution in [3.05, 3.63) is 87.7 Å². The highest BCUT2D eigenvalue weighted by atomic mass is 35.5. The van der Waals surface area contributed by atoms with Crippen LogP contribution in [0.4, 0.5) is 11.4 Å². The van der Waals surface area contributed by atoms with Gasteiger partial charge in [-0.1, -0.05) is 29.8 Å². The SMILES string of the molecule is O=[N+]([O-])c1cc(N=Cc2ccn(-c3ccccc3)c2)ccc1Cl. The number of aromatic nitrogens is 1. The van der Waals surface area contributed by atoms with E-state index in [-0.39, 0.29) is 10.7 Å². The Morgan fingerprint density at radius 1 is 1.13 bits per heavy atom. The van der Waals surface area contributed by atoms with Crippen LogP contribution < -0.4 is 0 Å². The first-order chi connectivity index (χ1) is 11.1. The Morgan fingerprint density at radius 3 is 2.65 bits per heavy atom. The molecule has 0 bridgehead atoms. The summed E-state index contributed by atoms with van der Waals surface area (Å²) in [6.45, 7) is 0. The highest BCUT2D eigenvalue weighted by Crippen LogP contribution is 2.28. The predicted octanol–water partition coefficient (Wildman–Crippen LogP) is 4.79. The van der Waals surface area contributed by atoms with E-state index in [1.807, 2.05) is 53.4 Å². The third kappa shape index (κ3) is 3.46. The molecule has 0 saturated carbocycles. The van der Waals surface area contributed by atoms with E-state index in [9.17, 15) is 10.1 Å². The van der Waals surface area contributed by atoms with E-state index in [0.29, 0.717) is 5.69 Å². The van der Waals surface area contributed by atoms with Gasteiger partial charge in [0.05, 0.1) is 10.6 Å². The molecule has 0 aliphatic carbocycles. The van der Waals surface area contributed by atoms with Gasteiger partial charge in [0.25, 0.3) is 5.69 Å². The van der Waals surface area contributed by atoms with E-state index in [1.165, 1.54) is 12.1 Å². The number of hydrogen-bond donors (Lipinski definition) is 0. The Balaban J connectivity index is 1.83. The van der Waals surface area contributed by atoms with Crippen LogP contribution in [-0.4, -0.2) is 15.7 Å². The first kappa shape index (κ1) is 15.0. The lowest BCUT2D eigenvalue weighted by Crippen LogP contribution is -1.89. The maximum absolute atomic E-state index is 10.9. The lowest BCUT2D eigenvalue weighted by Gasteiger charge is -2.00. The van der Waals surface area contributed by atoms with Crippen molar-refractivity contribution in [2.45, 2.75) is 0 Å². The fraction of sp³-hybridized carbons (Fsp3) is 0. The summed E-state index contributed by atoms with van der Waals surface area (Å²) < 4.78 is 1.98. The van der Waals surface area contributed by atoms with Crippen LogP contribution >= 0.6 is 11.6 Å². The molecule has 0 aliphatic rings. The summed E-state index contributed by atoms with van der Waals surface area (Å²) in [4.78, 5) is 14.6. The van der Waals surface area contributed by atoms with Crippen molar-refractivity contribution >= 4 is 29.2 Å². The van der Waals surface area contributed by atoms with Gasteiger partial charge in [0, 0.05) is 35.9 Å². The van der Waals surface area contributed by atoms with Gasteiger partial charge in [-0.3, -0.25) is 15.1 Å². The number of benzene rings is 2. The third-order valence-electron chi connectivity index (χ3n) is 3.26. The van der Waals surface area contributed by atoms with E-state index in [0.717, 1.165) is 11.3 Å². The number of para-hydroxylation sites is 1. The second kappa shape index (κ2) is 6.46.